The Morgan fingerprint density at radius 3 is 0.839 bits per heavy atom. The quantitative estimate of drug-likeness (QED) is 0.0302. The van der Waals surface area contributed by atoms with E-state index in [1.807, 2.05) is 130 Å². The van der Waals surface area contributed by atoms with Crippen LogP contribution in [-0.2, 0) is 39.1 Å². The number of amides is 6. The Kier molecular flexibility index (Phi) is 22.4. The first-order chi connectivity index (χ1) is 45.0. The first-order valence-corrected chi connectivity index (χ1v) is 33.0. The third-order valence-electron chi connectivity index (χ3n) is 17.4. The molecule has 10 aromatic rings. The van der Waals surface area contributed by atoms with E-state index in [2.05, 4.69) is 164 Å². The largest absolute Gasteiger partial charge is 0.489 e. The molecule has 0 saturated carbocycles. The van der Waals surface area contributed by atoms with Crippen LogP contribution in [-0.4, -0.2) is 18.1 Å². The number of nitrogens with one attached hydrogen (secondary N) is 6. The molecule has 0 unspecified atom stereocenters. The van der Waals surface area contributed by atoms with E-state index in [1.54, 1.807) is 0 Å². The van der Waals surface area contributed by atoms with Gasteiger partial charge in [0.05, 0.1) is 18.1 Å². The van der Waals surface area contributed by atoms with Gasteiger partial charge in [-0.2, -0.15) is 0 Å². The summed E-state index contributed by atoms with van der Waals surface area (Å²) in [6.07, 6.45) is 5.12. The Morgan fingerprint density at radius 2 is 0.570 bits per heavy atom. The summed E-state index contributed by atoms with van der Waals surface area (Å²) in [6, 6.07) is 64.5. The summed E-state index contributed by atoms with van der Waals surface area (Å²) >= 11 is 0. The van der Waals surface area contributed by atoms with Crippen LogP contribution in [0, 0.1) is 17.8 Å². The lowest BCUT2D eigenvalue weighted by Crippen LogP contribution is -2.31. The van der Waals surface area contributed by atoms with Crippen molar-refractivity contribution in [3.05, 3.63) is 250 Å². The van der Waals surface area contributed by atoms with Gasteiger partial charge in [-0.1, -0.05) is 169 Å². The molecule has 3 atom stereocenters. The predicted molar refractivity (Wildman–Crippen MR) is 382 cm³/mol. The summed E-state index contributed by atoms with van der Waals surface area (Å²) in [7, 11) is 0. The maximum absolute atomic E-state index is 13.7. The Morgan fingerprint density at radius 1 is 0.301 bits per heavy atom. The Bertz CT molecular complexity index is 3770. The standard InChI is InChI=1S/C81H90N6O6/c1-52(2)31-40-73-76(49-91-70-28-16-25-67(46-70)85-79(88)82-55(7)61-37-34-58-19-10-13-22-64(58)43-61)74(41-32-53(3)4)78(51-93-72-30-18-27-69(48-72)87-81(90)84-57(9)63-39-36-60-21-12-15-24-66(60)45-63)75(42-33-54(5)6)77(73)50-92-71-29-17-26-68(47-71)86-80(89)83-56(8)62-38-35-59-20-11-14-23-65(59)44-62/h10-30,34-39,43-48,52-57H,31-33,40-42,49-51H2,1-9H3,(H2,82,85,88)(H2,83,86,89)(H2,84,87,90)/t55-,56-,57-/m1/s1. The molecule has 0 radical (unpaired) electrons. The van der Waals surface area contributed by atoms with E-state index in [4.69, 9.17) is 14.2 Å². The summed E-state index contributed by atoms with van der Waals surface area (Å²) in [6.45, 7) is 20.3. The zero-order valence-electron chi connectivity index (χ0n) is 55.3. The van der Waals surface area contributed by atoms with E-state index < -0.39 is 0 Å². The molecule has 0 spiro atoms. The van der Waals surface area contributed by atoms with E-state index >= 15 is 0 Å². The van der Waals surface area contributed by atoms with Crippen LogP contribution in [0.15, 0.2) is 200 Å². The van der Waals surface area contributed by atoms with Crippen molar-refractivity contribution in [3.63, 3.8) is 0 Å². The SMILES string of the molecule is CC(C)CCc1c(COc2cccc(NC(=O)N[C@H](C)c3ccc4ccccc4c3)c2)c(CCC(C)C)c(COc2cccc(NC(=O)N[C@H](C)c3ccc4ccccc4c3)c2)c(CCC(C)C)c1COc1cccc(NC(=O)N[C@H](C)c2ccc3ccccc3c2)c1. The van der Waals surface area contributed by atoms with Gasteiger partial charge < -0.3 is 46.1 Å². The third-order valence-corrected chi connectivity index (χ3v) is 17.4. The normalized spacial score (nSPS) is 12.4. The summed E-state index contributed by atoms with van der Waals surface area (Å²) < 4.78 is 20.9. The number of benzene rings is 10. The molecule has 0 aromatic heterocycles. The molecule has 0 bridgehead atoms. The Labute approximate surface area is 549 Å². The van der Waals surface area contributed by atoms with Crippen LogP contribution in [0.5, 0.6) is 17.2 Å². The summed E-state index contributed by atoms with van der Waals surface area (Å²) in [5, 5.41) is 25.4. The molecule has 6 amide bonds. The molecule has 6 N–H and O–H groups in total. The van der Waals surface area contributed by atoms with Crippen molar-refractivity contribution in [2.45, 2.75) is 139 Å². The smallest absolute Gasteiger partial charge is 0.319 e. The van der Waals surface area contributed by atoms with Crippen LogP contribution >= 0.6 is 0 Å². The van der Waals surface area contributed by atoms with Gasteiger partial charge in [-0.15, -0.1) is 0 Å². The fourth-order valence-electron chi connectivity index (χ4n) is 12.1. The summed E-state index contributed by atoms with van der Waals surface area (Å²) in [4.78, 5) is 41.0. The molecule has 0 saturated heterocycles. The molecule has 480 valence electrons. The second-order valence-electron chi connectivity index (χ2n) is 25.9. The monoisotopic (exact) mass is 1240 g/mol. The molecule has 12 nitrogen and oxygen atoms in total. The fourth-order valence-corrected chi connectivity index (χ4v) is 12.1. The molecule has 10 aromatic carbocycles. The number of hydrogen-bond acceptors (Lipinski definition) is 6. The second kappa shape index (κ2) is 31.5. The van der Waals surface area contributed by atoms with Gasteiger partial charge in [0, 0.05) is 35.3 Å². The van der Waals surface area contributed by atoms with Crippen molar-refractivity contribution in [1.82, 2.24) is 16.0 Å². The number of rotatable bonds is 27. The van der Waals surface area contributed by atoms with Gasteiger partial charge >= 0.3 is 18.1 Å². The van der Waals surface area contributed by atoms with Gasteiger partial charge in [0.1, 0.15) is 37.1 Å². The van der Waals surface area contributed by atoms with E-state index in [0.29, 0.717) is 52.1 Å². The van der Waals surface area contributed by atoms with Crippen molar-refractivity contribution in [1.29, 1.82) is 0 Å². The number of ether oxygens (including phenoxy) is 3. The third kappa shape index (κ3) is 18.2. The first kappa shape index (κ1) is 66.1. The van der Waals surface area contributed by atoms with E-state index in [9.17, 15) is 14.4 Å². The van der Waals surface area contributed by atoms with E-state index in [1.165, 1.54) is 16.7 Å². The lowest BCUT2D eigenvalue weighted by molar-refractivity contribution is 0.248. The lowest BCUT2D eigenvalue weighted by atomic mass is 9.80. The molecule has 93 heavy (non-hydrogen) atoms. The first-order valence-electron chi connectivity index (χ1n) is 33.0. The van der Waals surface area contributed by atoms with Gasteiger partial charge in [-0.25, -0.2) is 14.4 Å². The zero-order chi connectivity index (χ0) is 65.4. The summed E-state index contributed by atoms with van der Waals surface area (Å²) in [5.74, 6) is 3.02. The average Bonchev–Trinajstić information content (AvgIpc) is 0.779. The van der Waals surface area contributed by atoms with Crippen LogP contribution in [0.2, 0.25) is 0 Å². The molecule has 0 fully saturated rings. The zero-order valence-corrected chi connectivity index (χ0v) is 55.3. The molecular weight excluding hydrogens is 1150 g/mol. The van der Waals surface area contributed by atoms with E-state index in [-0.39, 0.29) is 56.0 Å². The maximum atomic E-state index is 13.7. The fraction of sp³-hybridized carbons (Fsp3) is 0.296. The molecule has 12 heteroatoms. The molecule has 0 aliphatic carbocycles. The van der Waals surface area contributed by atoms with E-state index in [0.717, 1.165) is 104 Å². The lowest BCUT2D eigenvalue weighted by Gasteiger charge is -2.29. The Balaban J connectivity index is 0.958. The molecule has 10 rings (SSSR count). The minimum atomic E-state index is -0.321. The van der Waals surface area contributed by atoms with Crippen molar-refractivity contribution in [3.8, 4) is 17.2 Å². The van der Waals surface area contributed by atoms with Crippen molar-refractivity contribution < 1.29 is 28.6 Å². The minimum absolute atomic E-state index is 0.242. The van der Waals surface area contributed by atoms with Gasteiger partial charge in [-0.05, 0) is 214 Å². The highest BCUT2D eigenvalue weighted by atomic mass is 16.5. The second-order valence-corrected chi connectivity index (χ2v) is 25.9. The van der Waals surface area contributed by atoms with Gasteiger partial charge in [-0.3, -0.25) is 0 Å². The molecule has 0 aliphatic heterocycles. The van der Waals surface area contributed by atoms with Crippen LogP contribution in [0.3, 0.4) is 0 Å². The highest BCUT2D eigenvalue weighted by molar-refractivity contribution is 5.92. The predicted octanol–water partition coefficient (Wildman–Crippen LogP) is 20.3. The van der Waals surface area contributed by atoms with Crippen molar-refractivity contribution >= 4 is 67.5 Å². The van der Waals surface area contributed by atoms with Gasteiger partial charge in [0.2, 0.25) is 0 Å². The van der Waals surface area contributed by atoms with Crippen LogP contribution in [0.4, 0.5) is 31.4 Å². The Hall–Kier alpha value is -9.81. The summed E-state index contributed by atoms with van der Waals surface area (Å²) in [5.41, 5.74) is 11.7. The van der Waals surface area contributed by atoms with Crippen molar-refractivity contribution in [2.24, 2.45) is 17.8 Å². The van der Waals surface area contributed by atoms with Crippen LogP contribution < -0.4 is 46.1 Å². The van der Waals surface area contributed by atoms with Crippen LogP contribution in [0.25, 0.3) is 32.3 Å². The van der Waals surface area contributed by atoms with Gasteiger partial charge in [0.25, 0.3) is 0 Å². The highest BCUT2D eigenvalue weighted by Crippen LogP contribution is 2.37. The molecule has 0 heterocycles. The number of hydrogen-bond donors (Lipinski definition) is 6. The number of urea groups is 3. The maximum Gasteiger partial charge on any atom is 0.319 e. The average molecular weight is 1240 g/mol. The number of carbonyl (C=O) groups is 3. The minimum Gasteiger partial charge on any atom is -0.489 e. The number of fused-ring (bicyclic) bond motifs is 3. The topological polar surface area (TPSA) is 151 Å². The van der Waals surface area contributed by atoms with Crippen LogP contribution in [0.1, 0.15) is 150 Å². The van der Waals surface area contributed by atoms with Gasteiger partial charge in [0.15, 0.2) is 0 Å². The number of anilines is 3. The van der Waals surface area contributed by atoms with Crippen molar-refractivity contribution in [2.75, 3.05) is 16.0 Å². The number of carbonyl (C=O) groups excluding carboxylic acids is 3. The molecular formula is C81H90N6O6. The highest BCUT2D eigenvalue weighted by Gasteiger charge is 2.27. The molecule has 0 aliphatic rings.